The van der Waals surface area contributed by atoms with E-state index in [2.05, 4.69) is 30.8 Å². The van der Waals surface area contributed by atoms with Crippen molar-refractivity contribution in [2.24, 2.45) is 51.5 Å². The van der Waals surface area contributed by atoms with Gasteiger partial charge in [0.25, 0.3) is 0 Å². The van der Waals surface area contributed by atoms with Crippen molar-refractivity contribution in [3.05, 3.63) is 10.4 Å². The topological polar surface area (TPSA) is 86.1 Å². The van der Waals surface area contributed by atoms with Crippen LogP contribution in [0.3, 0.4) is 0 Å². The third-order valence-corrected chi connectivity index (χ3v) is 10.4. The molecule has 0 amide bonds. The Morgan fingerprint density at radius 1 is 1.10 bits per heavy atom. The Labute approximate surface area is 175 Å². The van der Waals surface area contributed by atoms with Crippen molar-refractivity contribution in [2.45, 2.75) is 97.4 Å². The number of aliphatic carboxylic acids is 1. The molecule has 162 valence electrons. The summed E-state index contributed by atoms with van der Waals surface area (Å²) in [6.07, 6.45) is 12.5. The van der Waals surface area contributed by atoms with E-state index in [9.17, 15) is 4.79 Å². The summed E-state index contributed by atoms with van der Waals surface area (Å²) in [6, 6.07) is 0.217. The molecule has 9 atom stereocenters. The molecule has 1 N–H and O–H groups in total. The fraction of sp³-hybridized carbons (Fsp3) is 0.958. The molecule has 4 saturated carbocycles. The predicted octanol–water partition coefficient (Wildman–Crippen LogP) is 6.83. The Morgan fingerprint density at radius 3 is 2.55 bits per heavy atom. The molecule has 0 aliphatic heterocycles. The Balaban J connectivity index is 1.49. The number of carboxylic acids is 1. The molecule has 4 rings (SSSR count). The second kappa shape index (κ2) is 7.80. The molecule has 0 spiro atoms. The van der Waals surface area contributed by atoms with Crippen molar-refractivity contribution in [1.29, 1.82) is 0 Å². The molecule has 4 aliphatic carbocycles. The lowest BCUT2D eigenvalue weighted by Crippen LogP contribution is -2.54. The first kappa shape index (κ1) is 21.0. The van der Waals surface area contributed by atoms with Gasteiger partial charge >= 0.3 is 5.97 Å². The summed E-state index contributed by atoms with van der Waals surface area (Å²) in [4.78, 5) is 14.2. The smallest absolute Gasteiger partial charge is 0.303 e. The van der Waals surface area contributed by atoms with Gasteiger partial charge in [0.15, 0.2) is 0 Å². The SMILES string of the molecule is C[C@H](CCC(=O)O)[C@H]1CC[C@H]2[C@@H]3CC[C@@H]4C[C@@H](N=[N+]=[N-])CC[C@]4(C)[C@H]3CC[C@]12C. The number of fused-ring (bicyclic) bond motifs is 5. The van der Waals surface area contributed by atoms with Crippen LogP contribution in [0.2, 0.25) is 0 Å². The maximum atomic E-state index is 11.1. The minimum Gasteiger partial charge on any atom is -0.481 e. The molecule has 0 bridgehead atoms. The van der Waals surface area contributed by atoms with Crippen molar-refractivity contribution >= 4 is 5.97 Å². The van der Waals surface area contributed by atoms with Gasteiger partial charge in [-0.05, 0) is 116 Å². The highest BCUT2D eigenvalue weighted by Crippen LogP contribution is 2.68. The third kappa shape index (κ3) is 3.48. The fourth-order valence-electron chi connectivity index (χ4n) is 8.94. The van der Waals surface area contributed by atoms with Crippen LogP contribution in [0.1, 0.15) is 91.4 Å². The molecule has 4 fully saturated rings. The van der Waals surface area contributed by atoms with E-state index in [0.29, 0.717) is 29.1 Å². The van der Waals surface area contributed by atoms with Crippen molar-refractivity contribution in [2.75, 3.05) is 0 Å². The van der Waals surface area contributed by atoms with Gasteiger partial charge in [-0.2, -0.15) is 0 Å². The van der Waals surface area contributed by atoms with E-state index in [4.69, 9.17) is 10.6 Å². The van der Waals surface area contributed by atoms with Gasteiger partial charge in [0.1, 0.15) is 0 Å². The van der Waals surface area contributed by atoms with Crippen LogP contribution >= 0.6 is 0 Å². The van der Waals surface area contributed by atoms with Crippen LogP contribution in [0.25, 0.3) is 10.4 Å². The van der Waals surface area contributed by atoms with Gasteiger partial charge in [0.05, 0.1) is 0 Å². The zero-order valence-corrected chi connectivity index (χ0v) is 18.5. The van der Waals surface area contributed by atoms with Crippen LogP contribution in [0.4, 0.5) is 0 Å². The summed E-state index contributed by atoms with van der Waals surface area (Å²) in [7, 11) is 0. The van der Waals surface area contributed by atoms with Gasteiger partial charge < -0.3 is 5.11 Å². The van der Waals surface area contributed by atoms with Gasteiger partial charge in [-0.25, -0.2) is 0 Å². The maximum Gasteiger partial charge on any atom is 0.303 e. The standard InChI is InChI=1S/C24H39N3O2/c1-15(4-9-22(28)29)19-7-8-20-18-6-5-16-14-17(26-27-25)10-12-23(16,2)21(18)11-13-24(19,20)3/h15-21H,4-14H2,1-3H3,(H,28,29)/t15-,16-,17+,18+,19-,20+,21+,23+,24-/m1/s1. The molecule has 0 unspecified atom stereocenters. The van der Waals surface area contributed by atoms with Gasteiger partial charge in [-0.15, -0.1) is 0 Å². The molecule has 4 aliphatic rings. The first-order valence-electron chi connectivity index (χ1n) is 12.1. The number of nitrogens with zero attached hydrogens (tertiary/aromatic N) is 3. The van der Waals surface area contributed by atoms with Crippen LogP contribution in [0, 0.1) is 46.3 Å². The highest BCUT2D eigenvalue weighted by atomic mass is 16.4. The minimum absolute atomic E-state index is 0.217. The second-order valence-corrected chi connectivity index (χ2v) is 11.4. The molecule has 29 heavy (non-hydrogen) atoms. The van der Waals surface area contributed by atoms with E-state index >= 15 is 0 Å². The fourth-order valence-corrected chi connectivity index (χ4v) is 8.94. The van der Waals surface area contributed by atoms with E-state index in [-0.39, 0.29) is 6.04 Å². The zero-order valence-electron chi connectivity index (χ0n) is 18.5. The monoisotopic (exact) mass is 401 g/mol. The van der Waals surface area contributed by atoms with E-state index in [1.54, 1.807) is 0 Å². The van der Waals surface area contributed by atoms with Crippen molar-refractivity contribution < 1.29 is 9.90 Å². The Morgan fingerprint density at radius 2 is 1.83 bits per heavy atom. The van der Waals surface area contributed by atoms with Crippen LogP contribution in [0.5, 0.6) is 0 Å². The van der Waals surface area contributed by atoms with E-state index in [1.807, 2.05) is 0 Å². The molecule has 0 saturated heterocycles. The second-order valence-electron chi connectivity index (χ2n) is 11.4. The quantitative estimate of drug-likeness (QED) is 0.311. The van der Waals surface area contributed by atoms with Crippen LogP contribution in [-0.2, 0) is 4.79 Å². The summed E-state index contributed by atoms with van der Waals surface area (Å²) in [6.45, 7) is 7.42. The Kier molecular flexibility index (Phi) is 5.65. The van der Waals surface area contributed by atoms with E-state index < -0.39 is 5.97 Å². The van der Waals surface area contributed by atoms with Gasteiger partial charge in [-0.1, -0.05) is 25.9 Å². The largest absolute Gasteiger partial charge is 0.481 e. The molecule has 0 aromatic carbocycles. The summed E-state index contributed by atoms with van der Waals surface area (Å²) >= 11 is 0. The minimum atomic E-state index is -0.650. The molecule has 0 aromatic heterocycles. The molecule has 5 heteroatoms. The average molecular weight is 402 g/mol. The van der Waals surface area contributed by atoms with E-state index in [1.165, 1.54) is 44.9 Å². The van der Waals surface area contributed by atoms with Gasteiger partial charge in [0, 0.05) is 17.4 Å². The summed E-state index contributed by atoms with van der Waals surface area (Å²) in [5.74, 6) is 3.79. The lowest BCUT2D eigenvalue weighted by Gasteiger charge is -2.61. The normalized spacial score (nSPS) is 47.3. The van der Waals surface area contributed by atoms with Crippen LogP contribution < -0.4 is 0 Å². The first-order chi connectivity index (χ1) is 13.8. The van der Waals surface area contributed by atoms with Gasteiger partial charge in [-0.3, -0.25) is 4.79 Å². The first-order valence-corrected chi connectivity index (χ1v) is 12.1. The molecule has 0 heterocycles. The predicted molar refractivity (Wildman–Crippen MR) is 114 cm³/mol. The van der Waals surface area contributed by atoms with E-state index in [0.717, 1.165) is 42.9 Å². The lowest BCUT2D eigenvalue weighted by atomic mass is 9.44. The molecule has 0 radical (unpaired) electrons. The number of carbonyl (C=O) groups is 1. The van der Waals surface area contributed by atoms with Crippen molar-refractivity contribution in [3.8, 4) is 0 Å². The molecule has 5 nitrogen and oxygen atoms in total. The van der Waals surface area contributed by atoms with Gasteiger partial charge in [0.2, 0.25) is 0 Å². The number of hydrogen-bond donors (Lipinski definition) is 1. The molecular formula is C24H39N3O2. The molecular weight excluding hydrogens is 362 g/mol. The van der Waals surface area contributed by atoms with Crippen LogP contribution in [-0.4, -0.2) is 17.1 Å². The number of rotatable bonds is 5. The van der Waals surface area contributed by atoms with Crippen molar-refractivity contribution in [1.82, 2.24) is 0 Å². The number of azide groups is 1. The summed E-state index contributed by atoms with van der Waals surface area (Å²) < 4.78 is 0. The third-order valence-electron chi connectivity index (χ3n) is 10.4. The van der Waals surface area contributed by atoms with Crippen molar-refractivity contribution in [3.63, 3.8) is 0 Å². The van der Waals surface area contributed by atoms with Crippen LogP contribution in [0.15, 0.2) is 5.11 Å². The Bertz CT molecular complexity index is 690. The summed E-state index contributed by atoms with van der Waals surface area (Å²) in [5, 5.41) is 13.2. The number of carboxylic acid groups (broad SMARTS) is 1. The average Bonchev–Trinajstić information content (AvgIpc) is 3.04. The maximum absolute atomic E-state index is 11.1. The zero-order chi connectivity index (χ0) is 20.8. The highest BCUT2D eigenvalue weighted by Gasteiger charge is 2.60. The Hall–Kier alpha value is -1.22. The summed E-state index contributed by atoms with van der Waals surface area (Å²) in [5.41, 5.74) is 9.70. The highest BCUT2D eigenvalue weighted by molar-refractivity contribution is 5.66. The number of hydrogen-bond acceptors (Lipinski definition) is 2. The lowest BCUT2D eigenvalue weighted by molar-refractivity contribution is -0.137. The molecule has 0 aromatic rings.